The number of thiophene rings is 1. The normalized spacial score (nSPS) is 11.3. The topological polar surface area (TPSA) is 73.2 Å². The Bertz CT molecular complexity index is 756. The van der Waals surface area contributed by atoms with Crippen molar-refractivity contribution >= 4 is 27.0 Å². The Morgan fingerprint density at radius 3 is 2.48 bits per heavy atom. The van der Waals surface area contributed by atoms with Crippen molar-refractivity contribution in [2.45, 2.75) is 11.4 Å². The van der Waals surface area contributed by atoms with Crippen LogP contribution in [-0.4, -0.2) is 26.8 Å². The molecule has 0 bridgehead atoms. The quantitative estimate of drug-likeness (QED) is 0.918. The number of sulfonamides is 1. The fourth-order valence-electron chi connectivity index (χ4n) is 1.68. The molecule has 0 spiro atoms. The molecule has 1 heterocycles. The molecule has 21 heavy (non-hydrogen) atoms. The van der Waals surface area contributed by atoms with Gasteiger partial charge in [0.2, 0.25) is 10.0 Å². The minimum Gasteiger partial charge on any atom is -0.380 e. The van der Waals surface area contributed by atoms with Crippen molar-refractivity contribution in [3.05, 3.63) is 46.2 Å². The molecule has 0 amide bonds. The van der Waals surface area contributed by atoms with Gasteiger partial charge in [-0.3, -0.25) is 0 Å². The van der Waals surface area contributed by atoms with Gasteiger partial charge in [-0.1, -0.05) is 0 Å². The lowest BCUT2D eigenvalue weighted by molar-refractivity contribution is 0.521. The molecule has 2 aromatic rings. The van der Waals surface area contributed by atoms with Gasteiger partial charge in [-0.25, -0.2) is 12.7 Å². The Hall–Kier alpha value is -1.88. The number of nitrogens with zero attached hydrogens (tertiary/aromatic N) is 2. The molecular formula is C14H15N3O2S2. The number of anilines is 1. The molecular weight excluding hydrogens is 306 g/mol. The van der Waals surface area contributed by atoms with Gasteiger partial charge in [0, 0.05) is 36.6 Å². The van der Waals surface area contributed by atoms with Crippen molar-refractivity contribution in [3.63, 3.8) is 0 Å². The second-order valence-electron chi connectivity index (χ2n) is 4.58. The van der Waals surface area contributed by atoms with Crippen molar-refractivity contribution in [1.82, 2.24) is 4.31 Å². The summed E-state index contributed by atoms with van der Waals surface area (Å²) in [5, 5.41) is 13.8. The summed E-state index contributed by atoms with van der Waals surface area (Å²) in [7, 11) is -0.379. The molecule has 0 aliphatic rings. The lowest BCUT2D eigenvalue weighted by Crippen LogP contribution is -2.22. The first kappa shape index (κ1) is 15.5. The maximum absolute atomic E-state index is 11.9. The van der Waals surface area contributed by atoms with Crippen LogP contribution in [0.1, 0.15) is 10.4 Å². The molecule has 1 aromatic carbocycles. The van der Waals surface area contributed by atoms with Gasteiger partial charge in [0.05, 0.1) is 10.5 Å². The molecule has 0 aliphatic heterocycles. The van der Waals surface area contributed by atoms with Crippen LogP contribution in [0.15, 0.2) is 40.6 Å². The third kappa shape index (κ3) is 3.61. The van der Waals surface area contributed by atoms with E-state index >= 15 is 0 Å². The first-order chi connectivity index (χ1) is 9.93. The zero-order valence-electron chi connectivity index (χ0n) is 11.7. The summed E-state index contributed by atoms with van der Waals surface area (Å²) in [6.45, 7) is 0.603. The smallest absolute Gasteiger partial charge is 0.242 e. The van der Waals surface area contributed by atoms with Crippen molar-refractivity contribution in [2.24, 2.45) is 0 Å². The molecule has 7 heteroatoms. The van der Waals surface area contributed by atoms with E-state index in [-0.39, 0.29) is 4.90 Å². The number of benzene rings is 1. The van der Waals surface area contributed by atoms with Crippen molar-refractivity contribution in [1.29, 1.82) is 5.26 Å². The summed E-state index contributed by atoms with van der Waals surface area (Å²) in [5.41, 5.74) is 1.49. The molecule has 0 atom stereocenters. The third-order valence-electron chi connectivity index (χ3n) is 2.88. The largest absolute Gasteiger partial charge is 0.380 e. The Morgan fingerprint density at radius 2 is 1.95 bits per heavy atom. The third-order valence-corrected chi connectivity index (χ3v) is 5.65. The Morgan fingerprint density at radius 1 is 1.29 bits per heavy atom. The van der Waals surface area contributed by atoms with Gasteiger partial charge in [0.1, 0.15) is 6.07 Å². The Kier molecular flexibility index (Phi) is 4.63. The SMILES string of the molecule is CN(C)S(=O)(=O)c1ccc(NCc2cc(C#N)cs2)cc1. The second-order valence-corrected chi connectivity index (χ2v) is 7.73. The summed E-state index contributed by atoms with van der Waals surface area (Å²) in [6.07, 6.45) is 0. The monoisotopic (exact) mass is 321 g/mol. The van der Waals surface area contributed by atoms with Crippen molar-refractivity contribution in [3.8, 4) is 6.07 Å². The van der Waals surface area contributed by atoms with Gasteiger partial charge in [0.15, 0.2) is 0 Å². The predicted molar refractivity (Wildman–Crippen MR) is 83.7 cm³/mol. The van der Waals surface area contributed by atoms with E-state index in [0.717, 1.165) is 10.6 Å². The summed E-state index contributed by atoms with van der Waals surface area (Å²) in [6, 6.07) is 10.5. The van der Waals surface area contributed by atoms with E-state index in [1.165, 1.54) is 29.7 Å². The van der Waals surface area contributed by atoms with Gasteiger partial charge < -0.3 is 5.32 Å². The molecule has 0 aliphatic carbocycles. The van der Waals surface area contributed by atoms with Crippen molar-refractivity contribution < 1.29 is 8.42 Å². The van der Waals surface area contributed by atoms with E-state index in [1.54, 1.807) is 24.3 Å². The van der Waals surface area contributed by atoms with Crippen LogP contribution in [0.25, 0.3) is 0 Å². The fourth-order valence-corrected chi connectivity index (χ4v) is 3.33. The Labute approximate surface area is 128 Å². The lowest BCUT2D eigenvalue weighted by atomic mass is 10.3. The summed E-state index contributed by atoms with van der Waals surface area (Å²) < 4.78 is 25.1. The van der Waals surface area contributed by atoms with Crippen LogP contribution in [-0.2, 0) is 16.6 Å². The molecule has 5 nitrogen and oxygen atoms in total. The molecule has 1 N–H and O–H groups in total. The highest BCUT2D eigenvalue weighted by Crippen LogP contribution is 2.19. The maximum Gasteiger partial charge on any atom is 0.242 e. The zero-order chi connectivity index (χ0) is 15.5. The van der Waals surface area contributed by atoms with E-state index < -0.39 is 10.0 Å². The van der Waals surface area contributed by atoms with E-state index in [1.807, 2.05) is 11.4 Å². The molecule has 0 radical (unpaired) electrons. The highest BCUT2D eigenvalue weighted by Gasteiger charge is 2.16. The fraction of sp³-hybridized carbons (Fsp3) is 0.214. The van der Waals surface area contributed by atoms with Crippen LogP contribution >= 0.6 is 11.3 Å². The average molecular weight is 321 g/mol. The van der Waals surface area contributed by atoms with E-state index in [0.29, 0.717) is 12.1 Å². The highest BCUT2D eigenvalue weighted by atomic mass is 32.2. The first-order valence-corrected chi connectivity index (χ1v) is 8.49. The average Bonchev–Trinajstić information content (AvgIpc) is 2.93. The standard InChI is InChI=1S/C14H15N3O2S2/c1-17(2)21(18,19)14-5-3-12(4-6-14)16-9-13-7-11(8-15)10-20-13/h3-7,10,16H,9H2,1-2H3. The van der Waals surface area contributed by atoms with E-state index in [2.05, 4.69) is 11.4 Å². The molecule has 0 unspecified atom stereocenters. The number of hydrogen-bond acceptors (Lipinski definition) is 5. The van der Waals surface area contributed by atoms with Crippen LogP contribution in [0.3, 0.4) is 0 Å². The van der Waals surface area contributed by atoms with Crippen LogP contribution < -0.4 is 5.32 Å². The van der Waals surface area contributed by atoms with Gasteiger partial charge in [-0.2, -0.15) is 5.26 Å². The number of rotatable bonds is 5. The summed E-state index contributed by atoms with van der Waals surface area (Å²) in [5.74, 6) is 0. The Balaban J connectivity index is 2.05. The number of hydrogen-bond donors (Lipinski definition) is 1. The van der Waals surface area contributed by atoms with Gasteiger partial charge in [-0.15, -0.1) is 11.3 Å². The second kappa shape index (κ2) is 6.26. The number of nitrogens with one attached hydrogen (secondary N) is 1. The molecule has 0 saturated carbocycles. The molecule has 110 valence electrons. The minimum atomic E-state index is -3.39. The van der Waals surface area contributed by atoms with E-state index in [9.17, 15) is 8.42 Å². The van der Waals surface area contributed by atoms with E-state index in [4.69, 9.17) is 5.26 Å². The predicted octanol–water partition coefficient (Wildman–Crippen LogP) is 2.48. The van der Waals surface area contributed by atoms with Crippen LogP contribution in [0.5, 0.6) is 0 Å². The van der Waals surface area contributed by atoms with Crippen molar-refractivity contribution in [2.75, 3.05) is 19.4 Å². The molecule has 1 aromatic heterocycles. The van der Waals surface area contributed by atoms with Crippen LogP contribution in [0, 0.1) is 11.3 Å². The number of nitriles is 1. The van der Waals surface area contributed by atoms with Gasteiger partial charge in [-0.05, 0) is 30.3 Å². The summed E-state index contributed by atoms with van der Waals surface area (Å²) in [4.78, 5) is 1.32. The van der Waals surface area contributed by atoms with Crippen LogP contribution in [0.4, 0.5) is 5.69 Å². The minimum absolute atomic E-state index is 0.265. The van der Waals surface area contributed by atoms with Crippen LogP contribution in [0.2, 0.25) is 0 Å². The molecule has 2 rings (SSSR count). The first-order valence-electron chi connectivity index (χ1n) is 6.17. The van der Waals surface area contributed by atoms with Gasteiger partial charge >= 0.3 is 0 Å². The lowest BCUT2D eigenvalue weighted by Gasteiger charge is -2.12. The zero-order valence-corrected chi connectivity index (χ0v) is 13.3. The highest BCUT2D eigenvalue weighted by molar-refractivity contribution is 7.89. The molecule has 0 saturated heterocycles. The summed E-state index contributed by atoms with van der Waals surface area (Å²) >= 11 is 1.52. The van der Waals surface area contributed by atoms with Gasteiger partial charge in [0.25, 0.3) is 0 Å². The maximum atomic E-state index is 11.9. The molecule has 0 fully saturated rings.